The molecule has 0 saturated carbocycles. The van der Waals surface area contributed by atoms with E-state index in [9.17, 15) is 4.79 Å². The highest BCUT2D eigenvalue weighted by molar-refractivity contribution is 5.91. The van der Waals surface area contributed by atoms with Gasteiger partial charge in [-0.3, -0.25) is 4.79 Å². The average Bonchev–Trinajstić information content (AvgIpc) is 2.14. The van der Waals surface area contributed by atoms with E-state index in [0.717, 1.165) is 0 Å². The van der Waals surface area contributed by atoms with Crippen LogP contribution in [0.4, 0.5) is 0 Å². The number of hydrogen-bond donors (Lipinski definition) is 0. The van der Waals surface area contributed by atoms with Crippen molar-refractivity contribution in [2.75, 3.05) is 0 Å². The van der Waals surface area contributed by atoms with Gasteiger partial charge in [-0.05, 0) is 6.92 Å². The van der Waals surface area contributed by atoms with E-state index in [1.165, 1.54) is 6.92 Å². The van der Waals surface area contributed by atoms with Crippen molar-refractivity contribution in [2.24, 2.45) is 0 Å². The third-order valence-corrected chi connectivity index (χ3v) is 0.989. The number of rotatable bonds is 1. The van der Waals surface area contributed by atoms with E-state index in [1.54, 1.807) is 13.0 Å². The van der Waals surface area contributed by atoms with Gasteiger partial charge >= 0.3 is 0 Å². The first kappa shape index (κ1) is 6.01. The molecule has 0 unspecified atom stereocenters. The van der Waals surface area contributed by atoms with Crippen molar-refractivity contribution in [3.63, 3.8) is 0 Å². The molecule has 0 spiro atoms. The first-order valence-electron chi connectivity index (χ1n) is 2.64. The second-order valence-corrected chi connectivity index (χ2v) is 1.88. The molecular weight excluding hydrogens is 118 g/mol. The summed E-state index contributed by atoms with van der Waals surface area (Å²) < 4.78 is 4.65. The SMILES string of the molecule is CC(=O)c1cc(C)on1. The van der Waals surface area contributed by atoms with Gasteiger partial charge in [-0.1, -0.05) is 5.16 Å². The van der Waals surface area contributed by atoms with Gasteiger partial charge in [0.05, 0.1) is 0 Å². The number of carbonyl (C=O) groups is 1. The number of Topliss-reactive ketones (excluding diaryl/α,β-unsaturated/α-hetero) is 1. The molecule has 0 aromatic carbocycles. The molecule has 1 rings (SSSR count). The molecule has 0 bridgehead atoms. The minimum Gasteiger partial charge on any atom is -0.361 e. The molecule has 1 aromatic heterocycles. The highest BCUT2D eigenvalue weighted by Gasteiger charge is 2.02. The fourth-order valence-corrected chi connectivity index (χ4v) is 0.532. The maximum Gasteiger partial charge on any atom is 0.181 e. The van der Waals surface area contributed by atoms with Crippen molar-refractivity contribution >= 4 is 5.78 Å². The van der Waals surface area contributed by atoms with E-state index in [2.05, 4.69) is 9.68 Å². The Bertz CT molecular complexity index is 227. The molecule has 9 heavy (non-hydrogen) atoms. The molecule has 0 radical (unpaired) electrons. The van der Waals surface area contributed by atoms with Gasteiger partial charge in [0.1, 0.15) is 11.5 Å². The molecule has 3 nitrogen and oxygen atoms in total. The quantitative estimate of drug-likeness (QED) is 0.529. The van der Waals surface area contributed by atoms with Gasteiger partial charge in [0.2, 0.25) is 0 Å². The van der Waals surface area contributed by atoms with Crippen LogP contribution >= 0.6 is 0 Å². The van der Waals surface area contributed by atoms with Crippen LogP contribution in [0.5, 0.6) is 0 Å². The minimum absolute atomic E-state index is 0.0631. The lowest BCUT2D eigenvalue weighted by molar-refractivity contribution is 0.100. The molecule has 1 heterocycles. The molecule has 0 saturated heterocycles. The molecule has 3 heteroatoms. The predicted molar refractivity (Wildman–Crippen MR) is 31.2 cm³/mol. The Labute approximate surface area is 52.7 Å². The summed E-state index contributed by atoms with van der Waals surface area (Å²) in [4.78, 5) is 10.5. The van der Waals surface area contributed by atoms with Crippen molar-refractivity contribution in [1.82, 2.24) is 5.16 Å². The largest absolute Gasteiger partial charge is 0.361 e. The first-order chi connectivity index (χ1) is 4.20. The molecule has 0 atom stereocenters. The number of aryl methyl sites for hydroxylation is 1. The minimum atomic E-state index is -0.0631. The lowest BCUT2D eigenvalue weighted by Gasteiger charge is -1.76. The maximum absolute atomic E-state index is 10.5. The van der Waals surface area contributed by atoms with Crippen LogP contribution in [-0.2, 0) is 0 Å². The number of nitrogens with zero attached hydrogens (tertiary/aromatic N) is 1. The Morgan fingerprint density at radius 3 is 2.67 bits per heavy atom. The van der Waals surface area contributed by atoms with Crippen LogP contribution in [0.1, 0.15) is 23.2 Å². The monoisotopic (exact) mass is 125 g/mol. The Hall–Kier alpha value is -1.12. The molecule has 0 amide bonds. The fraction of sp³-hybridized carbons (Fsp3) is 0.333. The summed E-state index contributed by atoms with van der Waals surface area (Å²) in [5, 5.41) is 3.49. The highest BCUT2D eigenvalue weighted by atomic mass is 16.5. The molecule has 0 aliphatic heterocycles. The summed E-state index contributed by atoms with van der Waals surface area (Å²) in [5.74, 6) is 0.604. The lowest BCUT2D eigenvalue weighted by atomic mass is 10.3. The zero-order valence-corrected chi connectivity index (χ0v) is 5.34. The number of carbonyl (C=O) groups excluding carboxylic acids is 1. The number of hydrogen-bond acceptors (Lipinski definition) is 3. The Morgan fingerprint density at radius 2 is 2.44 bits per heavy atom. The summed E-state index contributed by atoms with van der Waals surface area (Å²) in [5.41, 5.74) is 0.396. The van der Waals surface area contributed by atoms with Crippen LogP contribution in [0.3, 0.4) is 0 Å². The highest BCUT2D eigenvalue weighted by Crippen LogP contribution is 2.00. The summed E-state index contributed by atoms with van der Waals surface area (Å²) in [6, 6.07) is 1.61. The van der Waals surface area contributed by atoms with Gasteiger partial charge in [-0.25, -0.2) is 0 Å². The van der Waals surface area contributed by atoms with Crippen molar-refractivity contribution in [3.05, 3.63) is 17.5 Å². The van der Waals surface area contributed by atoms with Crippen LogP contribution in [0.2, 0.25) is 0 Å². The van der Waals surface area contributed by atoms with E-state index >= 15 is 0 Å². The Kier molecular flexibility index (Phi) is 1.34. The molecule has 0 aliphatic rings. The number of ketones is 1. The number of aromatic nitrogens is 1. The lowest BCUT2D eigenvalue weighted by Crippen LogP contribution is -1.89. The molecule has 48 valence electrons. The zero-order chi connectivity index (χ0) is 6.85. The fourth-order valence-electron chi connectivity index (χ4n) is 0.532. The zero-order valence-electron chi connectivity index (χ0n) is 5.34. The van der Waals surface area contributed by atoms with Gasteiger partial charge in [0.15, 0.2) is 5.78 Å². The summed E-state index contributed by atoms with van der Waals surface area (Å²) in [6.07, 6.45) is 0. The van der Waals surface area contributed by atoms with E-state index in [-0.39, 0.29) is 5.78 Å². The van der Waals surface area contributed by atoms with Gasteiger partial charge in [0, 0.05) is 13.0 Å². The standard InChI is InChI=1S/C6H7NO2/c1-4-3-6(5(2)8)7-9-4/h3H,1-2H3. The summed E-state index contributed by atoms with van der Waals surface area (Å²) >= 11 is 0. The van der Waals surface area contributed by atoms with Crippen LogP contribution in [0, 0.1) is 6.92 Å². The van der Waals surface area contributed by atoms with Crippen LogP contribution in [0.15, 0.2) is 10.6 Å². The van der Waals surface area contributed by atoms with E-state index in [1.807, 2.05) is 0 Å². The topological polar surface area (TPSA) is 43.1 Å². The summed E-state index contributed by atoms with van der Waals surface area (Å²) in [6.45, 7) is 3.21. The molecule has 0 fully saturated rings. The van der Waals surface area contributed by atoms with Gasteiger partial charge in [-0.15, -0.1) is 0 Å². The molecule has 0 N–H and O–H groups in total. The van der Waals surface area contributed by atoms with Gasteiger partial charge < -0.3 is 4.52 Å². The van der Waals surface area contributed by atoms with E-state index in [0.29, 0.717) is 11.5 Å². The predicted octanol–water partition coefficient (Wildman–Crippen LogP) is 1.19. The Morgan fingerprint density at radius 1 is 1.78 bits per heavy atom. The van der Waals surface area contributed by atoms with Crippen LogP contribution < -0.4 is 0 Å². The van der Waals surface area contributed by atoms with E-state index < -0.39 is 0 Å². The van der Waals surface area contributed by atoms with Crippen molar-refractivity contribution in [2.45, 2.75) is 13.8 Å². The van der Waals surface area contributed by atoms with Crippen molar-refractivity contribution in [3.8, 4) is 0 Å². The van der Waals surface area contributed by atoms with Crippen molar-refractivity contribution in [1.29, 1.82) is 0 Å². The van der Waals surface area contributed by atoms with Gasteiger partial charge in [0.25, 0.3) is 0 Å². The molecule has 1 aromatic rings. The second kappa shape index (κ2) is 2.01. The normalized spacial score (nSPS) is 9.56. The van der Waals surface area contributed by atoms with Crippen LogP contribution in [0.25, 0.3) is 0 Å². The summed E-state index contributed by atoms with van der Waals surface area (Å²) in [7, 11) is 0. The average molecular weight is 125 g/mol. The second-order valence-electron chi connectivity index (χ2n) is 1.88. The first-order valence-corrected chi connectivity index (χ1v) is 2.64. The smallest absolute Gasteiger partial charge is 0.181 e. The van der Waals surface area contributed by atoms with Crippen molar-refractivity contribution < 1.29 is 9.32 Å². The molecular formula is C6H7NO2. The Balaban J connectivity index is 2.98. The van der Waals surface area contributed by atoms with Gasteiger partial charge in [-0.2, -0.15) is 0 Å². The maximum atomic E-state index is 10.5. The van der Waals surface area contributed by atoms with Crippen LogP contribution in [-0.4, -0.2) is 10.9 Å². The third-order valence-electron chi connectivity index (χ3n) is 0.989. The van der Waals surface area contributed by atoms with E-state index in [4.69, 9.17) is 0 Å². The third kappa shape index (κ3) is 1.16. The molecule has 0 aliphatic carbocycles.